The number of hydrogen-bond donors (Lipinski definition) is 3. The van der Waals surface area contributed by atoms with Crippen molar-refractivity contribution < 1.29 is 24.7 Å². The van der Waals surface area contributed by atoms with Crippen LogP contribution in [0, 0.1) is 26.9 Å². The molecule has 3 N–H and O–H groups in total. The van der Waals surface area contributed by atoms with Gasteiger partial charge in [-0.05, 0) is 50.9 Å². The van der Waals surface area contributed by atoms with Gasteiger partial charge in [0.1, 0.15) is 0 Å². The molecule has 38 heavy (non-hydrogen) atoms. The molecule has 1 heterocycles. The summed E-state index contributed by atoms with van der Waals surface area (Å²) in [6.07, 6.45) is 1.65. The third-order valence-electron chi connectivity index (χ3n) is 8.47. The number of hydrogen-bond acceptors (Lipinski definition) is 6. The zero-order valence-corrected chi connectivity index (χ0v) is 22.3. The van der Waals surface area contributed by atoms with Gasteiger partial charge < -0.3 is 20.4 Å². The minimum atomic E-state index is -1.64. The second kappa shape index (κ2) is 11.4. The summed E-state index contributed by atoms with van der Waals surface area (Å²) in [6.45, 7) is 10.0. The van der Waals surface area contributed by atoms with Gasteiger partial charge in [0, 0.05) is 36.7 Å². The van der Waals surface area contributed by atoms with Crippen LogP contribution in [0.4, 0.5) is 5.69 Å². The zero-order valence-electron chi connectivity index (χ0n) is 22.3. The van der Waals surface area contributed by atoms with E-state index in [0.29, 0.717) is 18.7 Å². The topological polar surface area (TPSA) is 133 Å². The summed E-state index contributed by atoms with van der Waals surface area (Å²) in [7, 11) is 1.89. The fourth-order valence-electron chi connectivity index (χ4n) is 6.46. The summed E-state index contributed by atoms with van der Waals surface area (Å²) < 4.78 is 0. The number of non-ortho nitro benzene ring substituents is 1. The van der Waals surface area contributed by atoms with Gasteiger partial charge in [-0.2, -0.15) is 0 Å². The maximum absolute atomic E-state index is 13.4. The molecule has 9 nitrogen and oxygen atoms in total. The molecule has 0 bridgehead atoms. The molecule has 6 atom stereocenters. The highest BCUT2D eigenvalue weighted by Crippen LogP contribution is 2.60. The smallest absolute Gasteiger partial charge is 0.312 e. The molecule has 2 aromatic carbocycles. The van der Waals surface area contributed by atoms with Gasteiger partial charge in [-0.15, -0.1) is 6.58 Å². The number of allylic oxidation sites excluding steroid dienone is 1. The second-order valence-corrected chi connectivity index (χ2v) is 10.5. The van der Waals surface area contributed by atoms with Crippen molar-refractivity contribution in [2.45, 2.75) is 51.7 Å². The molecule has 0 amide bonds. The van der Waals surface area contributed by atoms with E-state index in [1.54, 1.807) is 26.8 Å². The van der Waals surface area contributed by atoms with Crippen molar-refractivity contribution in [1.82, 2.24) is 10.2 Å². The van der Waals surface area contributed by atoms with E-state index in [2.05, 4.69) is 11.9 Å². The summed E-state index contributed by atoms with van der Waals surface area (Å²) in [5.41, 5.74) is -2.06. The monoisotopic (exact) mass is 523 g/mol. The van der Waals surface area contributed by atoms with Crippen molar-refractivity contribution in [3.05, 3.63) is 88.5 Å². The molecule has 0 saturated carbocycles. The number of nitrogens with one attached hydrogen (secondary N) is 1. The van der Waals surface area contributed by atoms with Crippen molar-refractivity contribution in [3.63, 3.8) is 0 Å². The van der Waals surface area contributed by atoms with Crippen LogP contribution in [0.5, 0.6) is 0 Å². The Labute approximate surface area is 223 Å². The Bertz CT molecular complexity index is 1190. The van der Waals surface area contributed by atoms with Crippen LogP contribution in [-0.2, 0) is 16.1 Å². The van der Waals surface area contributed by atoms with E-state index in [4.69, 9.17) is 0 Å². The Morgan fingerprint density at radius 3 is 2.34 bits per heavy atom. The first-order valence-corrected chi connectivity index (χ1v) is 12.7. The number of benzene rings is 2. The van der Waals surface area contributed by atoms with E-state index >= 15 is 0 Å². The number of rotatable bonds is 11. The quantitative estimate of drug-likeness (QED) is 0.222. The van der Waals surface area contributed by atoms with E-state index in [1.807, 2.05) is 42.3 Å². The number of carbonyl (C=O) groups is 2. The van der Waals surface area contributed by atoms with Crippen LogP contribution in [0.25, 0.3) is 0 Å². The van der Waals surface area contributed by atoms with Crippen LogP contribution in [0.3, 0.4) is 0 Å². The molecular formula is C29H37N3O6. The molecule has 1 aliphatic heterocycles. The Kier molecular flexibility index (Phi) is 8.74. The molecule has 6 unspecified atom stereocenters. The van der Waals surface area contributed by atoms with Crippen LogP contribution < -0.4 is 5.32 Å². The average Bonchev–Trinajstić information content (AvgIpc) is 2.87. The molecule has 1 saturated heterocycles. The largest absolute Gasteiger partial charge is 0.481 e. The first-order valence-electron chi connectivity index (χ1n) is 12.7. The predicted molar refractivity (Wildman–Crippen MR) is 145 cm³/mol. The Hall–Kier alpha value is -3.56. The summed E-state index contributed by atoms with van der Waals surface area (Å²) in [4.78, 5) is 39.8. The van der Waals surface area contributed by atoms with Gasteiger partial charge in [-0.25, -0.2) is 0 Å². The first-order chi connectivity index (χ1) is 17.9. The number of carboxylic acids is 2. The molecule has 1 aliphatic rings. The molecule has 204 valence electrons. The highest BCUT2D eigenvalue weighted by molar-refractivity contribution is 5.84. The number of nitrogens with zero attached hydrogens (tertiary/aromatic N) is 2. The zero-order chi connectivity index (χ0) is 28.3. The number of aliphatic carboxylic acids is 2. The van der Waals surface area contributed by atoms with Gasteiger partial charge in [0.15, 0.2) is 0 Å². The summed E-state index contributed by atoms with van der Waals surface area (Å²) >= 11 is 0. The molecular weight excluding hydrogens is 486 g/mol. The van der Waals surface area contributed by atoms with Crippen molar-refractivity contribution in [2.75, 3.05) is 13.6 Å². The van der Waals surface area contributed by atoms with Gasteiger partial charge in [0.2, 0.25) is 0 Å². The van der Waals surface area contributed by atoms with Gasteiger partial charge in [0.05, 0.1) is 15.8 Å². The van der Waals surface area contributed by atoms with Gasteiger partial charge in [0.25, 0.3) is 5.69 Å². The normalized spacial score (nSPS) is 28.0. The maximum atomic E-state index is 13.4. The van der Waals surface area contributed by atoms with Crippen LogP contribution in [-0.4, -0.2) is 57.7 Å². The van der Waals surface area contributed by atoms with Gasteiger partial charge in [-0.1, -0.05) is 55.5 Å². The minimum absolute atomic E-state index is 0.124. The lowest BCUT2D eigenvalue weighted by Gasteiger charge is -2.59. The molecule has 0 aromatic heterocycles. The van der Waals surface area contributed by atoms with Crippen LogP contribution >= 0.6 is 0 Å². The number of piperidine rings is 1. The fraction of sp³-hybridized carbons (Fsp3) is 0.448. The Morgan fingerprint density at radius 1 is 1.13 bits per heavy atom. The van der Waals surface area contributed by atoms with Crippen LogP contribution in [0.15, 0.2) is 67.3 Å². The number of carboxylic acid groups (broad SMARTS) is 2. The molecule has 3 rings (SSSR count). The van der Waals surface area contributed by atoms with Crippen LogP contribution in [0.2, 0.25) is 0 Å². The Morgan fingerprint density at radius 2 is 1.79 bits per heavy atom. The van der Waals surface area contributed by atoms with Gasteiger partial charge in [-0.3, -0.25) is 19.7 Å². The highest BCUT2D eigenvalue weighted by atomic mass is 16.6. The predicted octanol–water partition coefficient (Wildman–Crippen LogP) is 4.54. The van der Waals surface area contributed by atoms with Crippen molar-refractivity contribution >= 4 is 17.6 Å². The van der Waals surface area contributed by atoms with Crippen LogP contribution in [0.1, 0.15) is 44.2 Å². The lowest BCUT2D eigenvalue weighted by Crippen LogP contribution is -2.71. The number of nitro benzene ring substituents is 1. The average molecular weight is 524 g/mol. The van der Waals surface area contributed by atoms with Crippen molar-refractivity contribution in [1.29, 1.82) is 0 Å². The van der Waals surface area contributed by atoms with Gasteiger partial charge >= 0.3 is 11.9 Å². The standard InChI is InChI=1S/C29H37N3O6/c1-6-19(2)29(27(35)36)21(4)30-20(3)28(26(33)34,15-16-31(5)18-22-11-8-7-9-12-22)25(29)23-13-10-14-24(17-23)32(37)38/h6-14,17,19-21,25,30H,1,15-16,18H2,2-5H3,(H,33,34)(H,35,36). The van der Waals surface area contributed by atoms with E-state index in [0.717, 1.165) is 5.56 Å². The van der Waals surface area contributed by atoms with Crippen molar-refractivity contribution in [2.24, 2.45) is 16.7 Å². The maximum Gasteiger partial charge on any atom is 0.312 e. The summed E-state index contributed by atoms with van der Waals surface area (Å²) in [5, 5.41) is 36.7. The van der Waals surface area contributed by atoms with E-state index in [-0.39, 0.29) is 12.1 Å². The third kappa shape index (κ3) is 4.96. The highest BCUT2D eigenvalue weighted by Gasteiger charge is 2.68. The molecule has 9 heteroatoms. The second-order valence-electron chi connectivity index (χ2n) is 10.5. The third-order valence-corrected chi connectivity index (χ3v) is 8.47. The minimum Gasteiger partial charge on any atom is -0.481 e. The molecule has 0 aliphatic carbocycles. The summed E-state index contributed by atoms with van der Waals surface area (Å²) in [6, 6.07) is 14.3. The molecule has 0 spiro atoms. The molecule has 2 aromatic rings. The lowest BCUT2D eigenvalue weighted by atomic mass is 9.47. The van der Waals surface area contributed by atoms with E-state index < -0.39 is 51.6 Å². The van der Waals surface area contributed by atoms with E-state index in [9.17, 15) is 29.9 Å². The first kappa shape index (κ1) is 29.0. The van der Waals surface area contributed by atoms with Crippen molar-refractivity contribution in [3.8, 4) is 0 Å². The summed E-state index contributed by atoms with van der Waals surface area (Å²) in [5.74, 6) is -4.05. The fourth-order valence-corrected chi connectivity index (χ4v) is 6.46. The Balaban J connectivity index is 2.23. The SMILES string of the molecule is C=CC(C)C1(C(=O)O)C(C)NC(C)C(CCN(C)Cc2ccccc2)(C(=O)O)C1c1cccc([N+](=O)[O-])c1. The lowest BCUT2D eigenvalue weighted by molar-refractivity contribution is -0.385. The number of nitro groups is 1. The molecule has 0 radical (unpaired) electrons. The molecule has 1 fully saturated rings. The van der Waals surface area contributed by atoms with E-state index in [1.165, 1.54) is 24.3 Å².